The van der Waals surface area contributed by atoms with Gasteiger partial charge < -0.3 is 5.32 Å². The van der Waals surface area contributed by atoms with Crippen LogP contribution in [0.4, 0.5) is 0 Å². The predicted molar refractivity (Wildman–Crippen MR) is 100 cm³/mol. The lowest BCUT2D eigenvalue weighted by Gasteiger charge is -2.17. The molecule has 23 heavy (non-hydrogen) atoms. The number of amides is 1. The third kappa shape index (κ3) is 5.60. The van der Waals surface area contributed by atoms with Gasteiger partial charge in [-0.3, -0.25) is 4.79 Å². The number of carbonyl (C=O) groups excluding carboxylic acids is 1. The fraction of sp³-hybridized carbons (Fsp3) is 0.316. The van der Waals surface area contributed by atoms with Crippen molar-refractivity contribution in [3.05, 3.63) is 69.7 Å². The summed E-state index contributed by atoms with van der Waals surface area (Å²) in [6, 6.07) is 14.1. The van der Waals surface area contributed by atoms with Crippen LogP contribution in [0.15, 0.2) is 42.5 Å². The molecule has 0 bridgehead atoms. The van der Waals surface area contributed by atoms with Gasteiger partial charge in [0.25, 0.3) is 0 Å². The van der Waals surface area contributed by atoms with Gasteiger partial charge in [-0.25, -0.2) is 0 Å². The van der Waals surface area contributed by atoms with Gasteiger partial charge in [0.2, 0.25) is 5.91 Å². The van der Waals surface area contributed by atoms with Gasteiger partial charge in [-0.2, -0.15) is 0 Å². The quantitative estimate of drug-likeness (QED) is 0.790. The Morgan fingerprint density at radius 1 is 1.17 bits per heavy atom. The first-order valence-electron chi connectivity index (χ1n) is 7.64. The number of hydrogen-bond acceptors (Lipinski definition) is 2. The van der Waals surface area contributed by atoms with Gasteiger partial charge in [-0.05, 0) is 49.6 Å². The Kier molecular flexibility index (Phi) is 6.55. The molecule has 0 aromatic heterocycles. The minimum absolute atomic E-state index is 0.0264. The van der Waals surface area contributed by atoms with Crippen LogP contribution in [0.25, 0.3) is 0 Å². The maximum atomic E-state index is 12.1. The van der Waals surface area contributed by atoms with Crippen molar-refractivity contribution in [3.8, 4) is 0 Å². The van der Waals surface area contributed by atoms with Crippen LogP contribution in [0.3, 0.4) is 0 Å². The second kappa shape index (κ2) is 8.42. The standard InChI is InChI=1S/C19H22ClNOS/c1-13-4-5-14(2)18(10-13)15(3)21-19(22)12-23-11-16-6-8-17(20)9-7-16/h4-10,15H,11-12H2,1-3H3,(H,21,22). The largest absolute Gasteiger partial charge is 0.349 e. The number of nitrogens with one attached hydrogen (secondary N) is 1. The average molecular weight is 348 g/mol. The third-order valence-corrected chi connectivity index (χ3v) is 4.95. The second-order valence-corrected chi connectivity index (χ2v) is 7.19. The monoisotopic (exact) mass is 347 g/mol. The molecular formula is C19H22ClNOS. The van der Waals surface area contributed by atoms with Crippen molar-refractivity contribution in [2.24, 2.45) is 0 Å². The highest BCUT2D eigenvalue weighted by molar-refractivity contribution is 7.99. The first kappa shape index (κ1) is 17.9. The zero-order chi connectivity index (χ0) is 16.8. The van der Waals surface area contributed by atoms with E-state index in [4.69, 9.17) is 11.6 Å². The summed E-state index contributed by atoms with van der Waals surface area (Å²) in [6.07, 6.45) is 0. The maximum absolute atomic E-state index is 12.1. The molecule has 0 spiro atoms. The molecule has 2 aromatic carbocycles. The number of halogens is 1. The number of hydrogen-bond donors (Lipinski definition) is 1. The number of thioether (sulfide) groups is 1. The van der Waals surface area contributed by atoms with E-state index < -0.39 is 0 Å². The van der Waals surface area contributed by atoms with Crippen LogP contribution in [-0.2, 0) is 10.5 Å². The van der Waals surface area contributed by atoms with Gasteiger partial charge in [0.1, 0.15) is 0 Å². The lowest BCUT2D eigenvalue weighted by molar-refractivity contribution is -0.119. The van der Waals surface area contributed by atoms with E-state index in [0.29, 0.717) is 5.75 Å². The fourth-order valence-electron chi connectivity index (χ4n) is 2.43. The molecule has 2 rings (SSSR count). The van der Waals surface area contributed by atoms with Gasteiger partial charge >= 0.3 is 0 Å². The summed E-state index contributed by atoms with van der Waals surface area (Å²) in [5.74, 6) is 1.33. The van der Waals surface area contributed by atoms with E-state index in [-0.39, 0.29) is 11.9 Å². The third-order valence-electron chi connectivity index (χ3n) is 3.69. The molecule has 122 valence electrons. The van der Waals surface area contributed by atoms with Crippen molar-refractivity contribution in [2.45, 2.75) is 32.6 Å². The summed E-state index contributed by atoms with van der Waals surface area (Å²) in [5.41, 5.74) is 4.77. The molecule has 2 aromatic rings. The zero-order valence-electron chi connectivity index (χ0n) is 13.7. The molecule has 0 aliphatic rings. The van der Waals surface area contributed by atoms with Crippen LogP contribution < -0.4 is 5.32 Å². The Morgan fingerprint density at radius 2 is 1.87 bits per heavy atom. The molecule has 0 heterocycles. The normalized spacial score (nSPS) is 12.0. The Morgan fingerprint density at radius 3 is 2.57 bits per heavy atom. The summed E-state index contributed by atoms with van der Waals surface area (Å²) in [7, 11) is 0. The highest BCUT2D eigenvalue weighted by Gasteiger charge is 2.12. The molecule has 1 atom stereocenters. The van der Waals surface area contributed by atoms with Gasteiger partial charge in [-0.15, -0.1) is 11.8 Å². The van der Waals surface area contributed by atoms with Gasteiger partial charge in [0.05, 0.1) is 11.8 Å². The number of benzene rings is 2. The summed E-state index contributed by atoms with van der Waals surface area (Å²) >= 11 is 7.47. The number of aryl methyl sites for hydroxylation is 2. The van der Waals surface area contributed by atoms with Crippen molar-refractivity contribution >= 4 is 29.3 Å². The van der Waals surface area contributed by atoms with Gasteiger partial charge in [0.15, 0.2) is 0 Å². The average Bonchev–Trinajstić information content (AvgIpc) is 2.51. The van der Waals surface area contributed by atoms with E-state index in [1.165, 1.54) is 22.3 Å². The molecule has 0 aliphatic heterocycles. The minimum atomic E-state index is 0.0264. The Labute approximate surface area is 147 Å². The molecule has 0 aliphatic carbocycles. The van der Waals surface area contributed by atoms with Crippen molar-refractivity contribution < 1.29 is 4.79 Å². The maximum Gasteiger partial charge on any atom is 0.230 e. The minimum Gasteiger partial charge on any atom is -0.349 e. The van der Waals surface area contributed by atoms with Crippen LogP contribution in [0, 0.1) is 13.8 Å². The molecule has 1 amide bonds. The topological polar surface area (TPSA) is 29.1 Å². The predicted octanol–water partition coefficient (Wildman–Crippen LogP) is 5.07. The molecule has 0 radical (unpaired) electrons. The molecule has 2 nitrogen and oxygen atoms in total. The summed E-state index contributed by atoms with van der Waals surface area (Å²) in [4.78, 5) is 12.1. The smallest absolute Gasteiger partial charge is 0.230 e. The van der Waals surface area contributed by atoms with Crippen LogP contribution in [0.5, 0.6) is 0 Å². The van der Waals surface area contributed by atoms with Crippen molar-refractivity contribution in [3.63, 3.8) is 0 Å². The highest BCUT2D eigenvalue weighted by atomic mass is 35.5. The Bertz CT molecular complexity index is 670. The van der Waals surface area contributed by atoms with Gasteiger partial charge in [-0.1, -0.05) is 47.5 Å². The van der Waals surface area contributed by atoms with E-state index in [1.54, 1.807) is 11.8 Å². The highest BCUT2D eigenvalue weighted by Crippen LogP contribution is 2.20. The molecule has 1 N–H and O–H groups in total. The van der Waals surface area contributed by atoms with E-state index in [0.717, 1.165) is 10.8 Å². The SMILES string of the molecule is Cc1ccc(C)c(C(C)NC(=O)CSCc2ccc(Cl)cc2)c1. The van der Waals surface area contributed by atoms with Crippen molar-refractivity contribution in [1.82, 2.24) is 5.32 Å². The Hall–Kier alpha value is -1.45. The van der Waals surface area contributed by atoms with Crippen LogP contribution in [0.2, 0.25) is 5.02 Å². The number of carbonyl (C=O) groups is 1. The summed E-state index contributed by atoms with van der Waals surface area (Å²) in [5, 5.41) is 3.81. The summed E-state index contributed by atoms with van der Waals surface area (Å²) < 4.78 is 0. The molecule has 1 unspecified atom stereocenters. The fourth-order valence-corrected chi connectivity index (χ4v) is 3.35. The molecule has 0 saturated carbocycles. The Balaban J connectivity index is 1.82. The molecule has 0 fully saturated rings. The zero-order valence-corrected chi connectivity index (χ0v) is 15.3. The number of rotatable bonds is 6. The second-order valence-electron chi connectivity index (χ2n) is 5.77. The molecule has 0 saturated heterocycles. The van der Waals surface area contributed by atoms with Crippen molar-refractivity contribution in [1.29, 1.82) is 0 Å². The first-order valence-corrected chi connectivity index (χ1v) is 9.17. The molecule has 4 heteroatoms. The lowest BCUT2D eigenvalue weighted by Crippen LogP contribution is -2.28. The van der Waals surface area contributed by atoms with Crippen LogP contribution >= 0.6 is 23.4 Å². The molecular weight excluding hydrogens is 326 g/mol. The van der Waals surface area contributed by atoms with E-state index >= 15 is 0 Å². The van der Waals surface area contributed by atoms with Gasteiger partial charge in [0, 0.05) is 10.8 Å². The van der Waals surface area contributed by atoms with E-state index in [9.17, 15) is 4.79 Å². The van der Waals surface area contributed by atoms with Crippen LogP contribution in [-0.4, -0.2) is 11.7 Å². The van der Waals surface area contributed by atoms with Crippen molar-refractivity contribution in [2.75, 3.05) is 5.75 Å². The van der Waals surface area contributed by atoms with E-state index in [2.05, 4.69) is 37.4 Å². The summed E-state index contributed by atoms with van der Waals surface area (Å²) in [6.45, 7) is 6.18. The lowest BCUT2D eigenvalue weighted by atomic mass is 10.00. The van der Waals surface area contributed by atoms with Crippen LogP contribution in [0.1, 0.15) is 35.2 Å². The first-order chi connectivity index (χ1) is 11.0. The van der Waals surface area contributed by atoms with E-state index in [1.807, 2.05) is 31.2 Å².